The highest BCUT2D eigenvalue weighted by Crippen LogP contribution is 2.17. The summed E-state index contributed by atoms with van der Waals surface area (Å²) in [4.78, 5) is 2.05. The van der Waals surface area contributed by atoms with Gasteiger partial charge in [-0.2, -0.15) is 0 Å². The zero-order valence-corrected chi connectivity index (χ0v) is 12.2. The molecule has 2 aromatic rings. The topological polar surface area (TPSA) is 73.9 Å². The third kappa shape index (κ3) is 3.66. The Morgan fingerprint density at radius 2 is 1.81 bits per heavy atom. The van der Waals surface area contributed by atoms with Gasteiger partial charge in [0.05, 0.1) is 0 Å². The molecule has 2 rings (SSSR count). The van der Waals surface area contributed by atoms with E-state index in [0.29, 0.717) is 6.54 Å². The van der Waals surface area contributed by atoms with Gasteiger partial charge in [0.1, 0.15) is 0 Å². The zero-order chi connectivity index (χ0) is 15.2. The fourth-order valence-electron chi connectivity index (χ4n) is 2.05. The molecular formula is C16H20N4O. The molecule has 2 aromatic carbocycles. The van der Waals surface area contributed by atoms with Crippen molar-refractivity contribution in [3.05, 3.63) is 59.7 Å². The fourth-order valence-corrected chi connectivity index (χ4v) is 2.05. The minimum Gasteiger partial charge on any atom is -0.409 e. The summed E-state index contributed by atoms with van der Waals surface area (Å²) in [5.74, 6) is 0.121. The summed E-state index contributed by atoms with van der Waals surface area (Å²) in [7, 11) is 4.02. The van der Waals surface area contributed by atoms with Crippen LogP contribution in [0.15, 0.2) is 53.7 Å². The molecule has 0 fully saturated rings. The Labute approximate surface area is 124 Å². The van der Waals surface area contributed by atoms with Gasteiger partial charge in [-0.25, -0.2) is 0 Å². The maximum atomic E-state index is 8.82. The Morgan fingerprint density at radius 3 is 2.43 bits per heavy atom. The van der Waals surface area contributed by atoms with Crippen LogP contribution in [0.1, 0.15) is 11.1 Å². The number of nitrogens with one attached hydrogen (secondary N) is 1. The molecule has 5 nitrogen and oxygen atoms in total. The molecule has 0 spiro atoms. The first kappa shape index (κ1) is 14.7. The highest BCUT2D eigenvalue weighted by atomic mass is 16.4. The molecule has 0 saturated carbocycles. The van der Waals surface area contributed by atoms with E-state index < -0.39 is 0 Å². The molecule has 0 heterocycles. The summed E-state index contributed by atoms with van der Waals surface area (Å²) in [5, 5.41) is 15.2. The van der Waals surface area contributed by atoms with E-state index in [9.17, 15) is 0 Å². The molecule has 0 aliphatic carbocycles. The molecule has 0 aliphatic rings. The number of anilines is 2. The monoisotopic (exact) mass is 284 g/mol. The van der Waals surface area contributed by atoms with Gasteiger partial charge in [-0.3, -0.25) is 0 Å². The summed E-state index contributed by atoms with van der Waals surface area (Å²) >= 11 is 0. The molecule has 0 aromatic heterocycles. The van der Waals surface area contributed by atoms with Gasteiger partial charge in [-0.05, 0) is 29.8 Å². The van der Waals surface area contributed by atoms with Gasteiger partial charge in [0, 0.05) is 37.6 Å². The van der Waals surface area contributed by atoms with Gasteiger partial charge in [-0.15, -0.1) is 0 Å². The Balaban J connectivity index is 2.10. The van der Waals surface area contributed by atoms with Crippen LogP contribution >= 0.6 is 0 Å². The van der Waals surface area contributed by atoms with E-state index >= 15 is 0 Å². The normalized spacial score (nSPS) is 11.2. The van der Waals surface area contributed by atoms with Crippen LogP contribution in [0, 0.1) is 0 Å². The summed E-state index contributed by atoms with van der Waals surface area (Å²) in [6.07, 6.45) is 0. The Hall–Kier alpha value is -2.69. The second-order valence-corrected chi connectivity index (χ2v) is 4.94. The number of nitrogens with zero attached hydrogens (tertiary/aromatic N) is 2. The van der Waals surface area contributed by atoms with Gasteiger partial charge in [0.25, 0.3) is 0 Å². The van der Waals surface area contributed by atoms with Gasteiger partial charge in [0.2, 0.25) is 0 Å². The standard InChI is InChI=1S/C16H20N4O/c1-20(2)14-9-7-13(8-10-14)18-11-12-5-3-4-6-15(12)16(17)19-21/h3-10,18,21H,11H2,1-2H3,(H2,17,19). The van der Waals surface area contributed by atoms with Crippen molar-refractivity contribution in [2.24, 2.45) is 10.9 Å². The van der Waals surface area contributed by atoms with Crippen LogP contribution < -0.4 is 16.0 Å². The Kier molecular flexibility index (Phi) is 4.66. The number of nitrogens with two attached hydrogens (primary N) is 1. The van der Waals surface area contributed by atoms with Crippen molar-refractivity contribution < 1.29 is 5.21 Å². The number of rotatable bonds is 5. The van der Waals surface area contributed by atoms with Crippen LogP contribution in [0.5, 0.6) is 0 Å². The van der Waals surface area contributed by atoms with Crippen LogP contribution in [-0.2, 0) is 6.54 Å². The van der Waals surface area contributed by atoms with Crippen molar-refractivity contribution in [3.63, 3.8) is 0 Å². The first-order valence-electron chi connectivity index (χ1n) is 6.69. The van der Waals surface area contributed by atoms with Crippen LogP contribution in [0.25, 0.3) is 0 Å². The molecule has 0 amide bonds. The van der Waals surface area contributed by atoms with Crippen molar-refractivity contribution >= 4 is 17.2 Å². The molecule has 110 valence electrons. The lowest BCUT2D eigenvalue weighted by molar-refractivity contribution is 0.318. The molecule has 5 heteroatoms. The maximum Gasteiger partial charge on any atom is 0.170 e. The molecule has 4 N–H and O–H groups in total. The third-order valence-electron chi connectivity index (χ3n) is 3.27. The number of benzene rings is 2. The van der Waals surface area contributed by atoms with Gasteiger partial charge in [-0.1, -0.05) is 29.4 Å². The van der Waals surface area contributed by atoms with Crippen molar-refractivity contribution in [1.82, 2.24) is 0 Å². The van der Waals surface area contributed by atoms with Crippen LogP contribution in [0.3, 0.4) is 0 Å². The average Bonchev–Trinajstić information content (AvgIpc) is 2.52. The minimum absolute atomic E-state index is 0.121. The van der Waals surface area contributed by atoms with E-state index in [1.54, 1.807) is 0 Å². The molecular weight excluding hydrogens is 264 g/mol. The molecule has 0 unspecified atom stereocenters. The van der Waals surface area contributed by atoms with Crippen LogP contribution in [0.2, 0.25) is 0 Å². The van der Waals surface area contributed by atoms with E-state index in [4.69, 9.17) is 10.9 Å². The van der Waals surface area contributed by atoms with Gasteiger partial charge >= 0.3 is 0 Å². The van der Waals surface area contributed by atoms with Crippen molar-refractivity contribution in [3.8, 4) is 0 Å². The maximum absolute atomic E-state index is 8.82. The van der Waals surface area contributed by atoms with Gasteiger partial charge < -0.3 is 21.2 Å². The molecule has 0 saturated heterocycles. The van der Waals surface area contributed by atoms with E-state index in [-0.39, 0.29) is 5.84 Å². The molecule has 0 bridgehead atoms. The molecule has 0 aliphatic heterocycles. The lowest BCUT2D eigenvalue weighted by Gasteiger charge is -2.14. The van der Waals surface area contributed by atoms with Crippen molar-refractivity contribution in [1.29, 1.82) is 0 Å². The van der Waals surface area contributed by atoms with Crippen molar-refractivity contribution in [2.45, 2.75) is 6.54 Å². The van der Waals surface area contributed by atoms with Crippen LogP contribution in [0.4, 0.5) is 11.4 Å². The first-order valence-corrected chi connectivity index (χ1v) is 6.69. The SMILES string of the molecule is CN(C)c1ccc(NCc2ccccc2C(N)=NO)cc1. The summed E-state index contributed by atoms with van der Waals surface area (Å²) in [5.41, 5.74) is 9.57. The Morgan fingerprint density at radius 1 is 1.14 bits per heavy atom. The summed E-state index contributed by atoms with van der Waals surface area (Å²) < 4.78 is 0. The van der Waals surface area contributed by atoms with Gasteiger partial charge in [0.15, 0.2) is 5.84 Å². The fraction of sp³-hybridized carbons (Fsp3) is 0.188. The number of amidine groups is 1. The predicted octanol–water partition coefficient (Wildman–Crippen LogP) is 2.46. The minimum atomic E-state index is 0.121. The summed E-state index contributed by atoms with van der Waals surface area (Å²) in [6.45, 7) is 0.605. The highest BCUT2D eigenvalue weighted by Gasteiger charge is 2.06. The van der Waals surface area contributed by atoms with E-state index in [0.717, 1.165) is 22.5 Å². The van der Waals surface area contributed by atoms with E-state index in [2.05, 4.69) is 27.5 Å². The number of oxime groups is 1. The van der Waals surface area contributed by atoms with E-state index in [1.165, 1.54) is 0 Å². The highest BCUT2D eigenvalue weighted by molar-refractivity contribution is 5.98. The first-order chi connectivity index (χ1) is 10.1. The molecule has 0 radical (unpaired) electrons. The zero-order valence-electron chi connectivity index (χ0n) is 12.2. The number of hydrogen-bond donors (Lipinski definition) is 3. The largest absolute Gasteiger partial charge is 0.409 e. The lowest BCUT2D eigenvalue weighted by atomic mass is 10.1. The van der Waals surface area contributed by atoms with E-state index in [1.807, 2.05) is 50.5 Å². The molecule has 21 heavy (non-hydrogen) atoms. The van der Waals surface area contributed by atoms with Crippen molar-refractivity contribution in [2.75, 3.05) is 24.3 Å². The smallest absolute Gasteiger partial charge is 0.170 e. The third-order valence-corrected chi connectivity index (χ3v) is 3.27. The molecule has 0 atom stereocenters. The lowest BCUT2D eigenvalue weighted by Crippen LogP contribution is -2.16. The average molecular weight is 284 g/mol. The predicted molar refractivity (Wildman–Crippen MR) is 87.0 cm³/mol. The quantitative estimate of drug-likeness (QED) is 0.341. The summed E-state index contributed by atoms with van der Waals surface area (Å²) in [6, 6.07) is 15.7. The second kappa shape index (κ2) is 6.65. The van der Waals surface area contributed by atoms with Crippen LogP contribution in [-0.4, -0.2) is 25.1 Å². The Bertz CT molecular complexity index is 620. The second-order valence-electron chi connectivity index (χ2n) is 4.94. The number of hydrogen-bond acceptors (Lipinski definition) is 4.